The first-order valence-electron chi connectivity index (χ1n) is 15.4. The number of rotatable bonds is 7. The van der Waals surface area contributed by atoms with Gasteiger partial charge in [-0.15, -0.1) is 0 Å². The molecule has 3 atom stereocenters. The summed E-state index contributed by atoms with van der Waals surface area (Å²) in [5.74, 6) is -1.13. The van der Waals surface area contributed by atoms with Crippen molar-refractivity contribution in [1.29, 1.82) is 10.5 Å². The molecule has 2 aromatic carbocycles. The number of hydrogen-bond donors (Lipinski definition) is 3. The Kier molecular flexibility index (Phi) is 9.19. The number of likely N-dealkylation sites (tertiary alicyclic amines) is 1. The Hall–Kier alpha value is -4.59. The van der Waals surface area contributed by atoms with E-state index in [2.05, 4.69) is 53.9 Å². The van der Waals surface area contributed by atoms with Gasteiger partial charge in [0.15, 0.2) is 6.17 Å². The van der Waals surface area contributed by atoms with Crippen LogP contribution >= 0.6 is 0 Å². The Bertz CT molecular complexity index is 1540. The monoisotopic (exact) mass is 614 g/mol. The Labute approximate surface area is 261 Å². The van der Waals surface area contributed by atoms with Gasteiger partial charge in [-0.2, -0.15) is 10.5 Å². The Morgan fingerprint density at radius 3 is 2.53 bits per heavy atom. The predicted molar refractivity (Wildman–Crippen MR) is 167 cm³/mol. The highest BCUT2D eigenvalue weighted by molar-refractivity contribution is 6.01. The average molecular weight is 615 g/mol. The van der Waals surface area contributed by atoms with Crippen molar-refractivity contribution >= 4 is 29.6 Å². The van der Waals surface area contributed by atoms with Crippen LogP contribution in [-0.4, -0.2) is 92.6 Å². The van der Waals surface area contributed by atoms with Crippen molar-refractivity contribution in [3.8, 4) is 12.1 Å². The average Bonchev–Trinajstić information content (AvgIpc) is 3.03. The van der Waals surface area contributed by atoms with Gasteiger partial charge in [0.2, 0.25) is 11.9 Å². The lowest BCUT2D eigenvalue weighted by molar-refractivity contribution is -0.133. The highest BCUT2D eigenvalue weighted by Crippen LogP contribution is 2.31. The van der Waals surface area contributed by atoms with Gasteiger partial charge in [-0.25, -0.2) is 18.8 Å². The number of anilines is 2. The zero-order chi connectivity index (χ0) is 31.3. The third-order valence-corrected chi connectivity index (χ3v) is 9.12. The first-order chi connectivity index (χ1) is 21.9. The molecule has 4 aliphatic rings. The molecule has 0 aliphatic carbocycles. The first kappa shape index (κ1) is 30.4. The highest BCUT2D eigenvalue weighted by Gasteiger charge is 2.33. The quantitative estimate of drug-likeness (QED) is 0.433. The van der Waals surface area contributed by atoms with E-state index in [-0.39, 0.29) is 30.5 Å². The molecule has 13 heteroatoms. The van der Waals surface area contributed by atoms with Crippen molar-refractivity contribution in [3.05, 3.63) is 58.9 Å². The smallest absolute Gasteiger partial charge is 0.236 e. The van der Waals surface area contributed by atoms with E-state index in [1.807, 2.05) is 12.1 Å². The van der Waals surface area contributed by atoms with E-state index in [0.717, 1.165) is 45.0 Å². The molecule has 1 amide bonds. The Balaban J connectivity index is 1.08. The molecule has 3 fully saturated rings. The lowest BCUT2D eigenvalue weighted by Gasteiger charge is -2.43. The van der Waals surface area contributed by atoms with E-state index in [0.29, 0.717) is 30.5 Å². The van der Waals surface area contributed by atoms with Crippen LogP contribution in [0.1, 0.15) is 35.7 Å². The van der Waals surface area contributed by atoms with Gasteiger partial charge >= 0.3 is 0 Å². The van der Waals surface area contributed by atoms with Crippen LogP contribution < -0.4 is 20.9 Å². The molecule has 3 N–H and O–H groups in total. The van der Waals surface area contributed by atoms with Crippen LogP contribution in [0.3, 0.4) is 0 Å². The van der Waals surface area contributed by atoms with Gasteiger partial charge in [-0.1, -0.05) is 0 Å². The molecule has 0 saturated carbocycles. The van der Waals surface area contributed by atoms with Gasteiger partial charge in [-0.3, -0.25) is 9.69 Å². The van der Waals surface area contributed by atoms with Crippen molar-refractivity contribution in [2.75, 3.05) is 62.6 Å². The van der Waals surface area contributed by atoms with Crippen molar-refractivity contribution in [3.63, 3.8) is 0 Å². The van der Waals surface area contributed by atoms with Gasteiger partial charge in [0.05, 0.1) is 30.6 Å². The maximum Gasteiger partial charge on any atom is 0.236 e. The fourth-order valence-corrected chi connectivity index (χ4v) is 6.33. The zero-order valence-corrected chi connectivity index (χ0v) is 24.9. The number of nitrogens with one attached hydrogen (secondary N) is 3. The minimum absolute atomic E-state index is 0.0334. The molecular weight excluding hydrogens is 578 g/mol. The first-order valence-corrected chi connectivity index (χ1v) is 15.4. The molecule has 6 rings (SSSR count). The summed E-state index contributed by atoms with van der Waals surface area (Å²) < 4.78 is 30.4. The molecule has 0 spiro atoms. The molecule has 0 radical (unpaired) electrons. The van der Waals surface area contributed by atoms with Crippen LogP contribution in [0.4, 0.5) is 20.2 Å². The Morgan fingerprint density at radius 1 is 1.09 bits per heavy atom. The molecule has 234 valence electrons. The summed E-state index contributed by atoms with van der Waals surface area (Å²) in [6.45, 7) is 6.43. The normalized spacial score (nSPS) is 23.7. The van der Waals surface area contributed by atoms with Crippen molar-refractivity contribution < 1.29 is 13.6 Å². The van der Waals surface area contributed by atoms with Gasteiger partial charge in [0.25, 0.3) is 0 Å². The van der Waals surface area contributed by atoms with Gasteiger partial charge in [0.1, 0.15) is 18.4 Å². The number of benzene rings is 2. The zero-order valence-electron chi connectivity index (χ0n) is 24.9. The van der Waals surface area contributed by atoms with Gasteiger partial charge < -0.3 is 25.8 Å². The van der Waals surface area contributed by atoms with Crippen LogP contribution in [0, 0.1) is 34.4 Å². The summed E-state index contributed by atoms with van der Waals surface area (Å²) in [6.07, 6.45) is -0.613. The third-order valence-electron chi connectivity index (χ3n) is 9.12. The van der Waals surface area contributed by atoms with E-state index < -0.39 is 30.0 Å². The number of nitriles is 2. The number of piperazine rings is 1. The predicted octanol–water partition coefficient (Wildman–Crippen LogP) is 2.53. The molecule has 4 aliphatic heterocycles. The second-order valence-electron chi connectivity index (χ2n) is 11.9. The molecule has 1 unspecified atom stereocenters. The largest absolute Gasteiger partial charge is 0.369 e. The third kappa shape index (κ3) is 6.90. The molecule has 45 heavy (non-hydrogen) atoms. The number of piperidine rings is 1. The second-order valence-corrected chi connectivity index (χ2v) is 11.9. The number of carbonyl (C=O) groups is 1. The summed E-state index contributed by atoms with van der Waals surface area (Å²) in [5.41, 5.74) is 2.66. The summed E-state index contributed by atoms with van der Waals surface area (Å²) in [6, 6.07) is 15.5. The number of amides is 1. The van der Waals surface area contributed by atoms with E-state index >= 15 is 4.39 Å². The SMILES string of the molecule is N#CCC(=O)N1CC[C@H](Cc2c(F)cc(C3N=CNC(Nc4ccc(N5CCN(C6CNC6)CC5)cc4)=N3)cc2C#N)[C@H](F)C1. The van der Waals surface area contributed by atoms with Crippen molar-refractivity contribution in [2.24, 2.45) is 15.9 Å². The number of guanidine groups is 1. The molecule has 3 saturated heterocycles. The van der Waals surface area contributed by atoms with Crippen molar-refractivity contribution in [2.45, 2.75) is 37.6 Å². The molecule has 2 aromatic rings. The fraction of sp³-hybridized carbons (Fsp3) is 0.469. The molecular formula is C32H36F2N10O. The number of carbonyl (C=O) groups excluding carboxylic acids is 1. The van der Waals surface area contributed by atoms with Crippen LogP contribution in [0.2, 0.25) is 0 Å². The highest BCUT2D eigenvalue weighted by atomic mass is 19.1. The van der Waals surface area contributed by atoms with Crippen molar-refractivity contribution in [1.82, 2.24) is 20.4 Å². The maximum atomic E-state index is 15.4. The number of hydrogen-bond acceptors (Lipinski definition) is 10. The Morgan fingerprint density at radius 2 is 1.87 bits per heavy atom. The molecule has 11 nitrogen and oxygen atoms in total. The summed E-state index contributed by atoms with van der Waals surface area (Å²) in [7, 11) is 0. The number of nitrogens with zero attached hydrogens (tertiary/aromatic N) is 7. The molecule has 0 aromatic heterocycles. The number of alkyl halides is 1. The number of halogens is 2. The van der Waals surface area contributed by atoms with Gasteiger partial charge in [-0.05, 0) is 55.2 Å². The van der Waals surface area contributed by atoms with E-state index in [1.54, 1.807) is 12.1 Å². The maximum absolute atomic E-state index is 15.4. The fourth-order valence-electron chi connectivity index (χ4n) is 6.33. The summed E-state index contributed by atoms with van der Waals surface area (Å²) >= 11 is 0. The minimum Gasteiger partial charge on any atom is -0.369 e. The van der Waals surface area contributed by atoms with Crippen LogP contribution in [0.25, 0.3) is 0 Å². The molecule has 0 bridgehead atoms. The topological polar surface area (TPSA) is 135 Å². The number of aliphatic imine (C=N–C) groups is 2. The summed E-state index contributed by atoms with van der Waals surface area (Å²) in [5, 5.41) is 28.2. The molecule has 4 heterocycles. The second kappa shape index (κ2) is 13.6. The van der Waals surface area contributed by atoms with Crippen LogP contribution in [0.5, 0.6) is 0 Å². The van der Waals surface area contributed by atoms with E-state index in [1.165, 1.54) is 23.0 Å². The lowest BCUT2D eigenvalue weighted by Crippen LogP contribution is -2.61. The lowest BCUT2D eigenvalue weighted by atomic mass is 9.86. The van der Waals surface area contributed by atoms with Crippen LogP contribution in [-0.2, 0) is 11.2 Å². The van der Waals surface area contributed by atoms with Crippen LogP contribution in [0.15, 0.2) is 46.4 Å². The standard InChI is InChI=1S/C32H36F2N10O/c33-28-15-22(13-23(16-36)27(28)14-21-6-8-44(19-29(21)34)30(45)5-7-35)31-38-20-39-32(41-31)40-24-1-3-25(4-2-24)42-9-11-43(12-10-42)26-17-37-18-26/h1-4,13,15,20-21,26,29,31,37H,5-6,8-12,14,17-19H2,(H2,38,39,40,41)/t21-,29-,31?/m1/s1. The van der Waals surface area contributed by atoms with Gasteiger partial charge in [0, 0.05) is 74.4 Å². The van der Waals surface area contributed by atoms with E-state index in [4.69, 9.17) is 5.26 Å². The minimum atomic E-state index is -1.38. The summed E-state index contributed by atoms with van der Waals surface area (Å²) in [4.78, 5) is 27.2. The van der Waals surface area contributed by atoms with E-state index in [9.17, 15) is 14.4 Å².